The van der Waals surface area contributed by atoms with E-state index < -0.39 is 5.97 Å². The largest absolute Gasteiger partial charge is 0.496 e. The van der Waals surface area contributed by atoms with Crippen LogP contribution in [0.5, 0.6) is 5.75 Å². The van der Waals surface area contributed by atoms with Crippen LogP contribution in [-0.4, -0.2) is 33.5 Å². The van der Waals surface area contributed by atoms with E-state index in [0.717, 1.165) is 0 Å². The molecule has 0 aliphatic carbocycles. The average Bonchev–Trinajstić information content (AvgIpc) is 2.95. The summed E-state index contributed by atoms with van der Waals surface area (Å²) in [7, 11) is 1.47. The van der Waals surface area contributed by atoms with Crippen LogP contribution in [0.1, 0.15) is 10.5 Å². The molecule has 9 heteroatoms. The lowest BCUT2D eigenvalue weighted by atomic mass is 10.1. The van der Waals surface area contributed by atoms with Gasteiger partial charge in [-0.1, -0.05) is 11.6 Å². The van der Waals surface area contributed by atoms with Gasteiger partial charge in [-0.05, 0) is 22.4 Å². The zero-order valence-corrected chi connectivity index (χ0v) is 12.0. The number of anilines is 1. The second-order valence-corrected chi connectivity index (χ2v) is 4.75. The smallest absolute Gasteiger partial charge is 0.356 e. The normalized spacial score (nSPS) is 10.8. The molecule has 3 N–H and O–H groups in total. The molecule has 0 aliphatic rings. The Hall–Kier alpha value is -2.87. The number of hydrogen-bond donors (Lipinski definition) is 2. The van der Waals surface area contributed by atoms with E-state index in [0.29, 0.717) is 28.0 Å². The fourth-order valence-electron chi connectivity index (χ4n) is 2.01. The molecule has 0 aliphatic heterocycles. The summed E-state index contributed by atoms with van der Waals surface area (Å²) in [6.45, 7) is 0. The number of halogens is 1. The highest BCUT2D eigenvalue weighted by Crippen LogP contribution is 2.35. The van der Waals surface area contributed by atoms with Crippen molar-refractivity contribution in [1.29, 1.82) is 0 Å². The predicted molar refractivity (Wildman–Crippen MR) is 78.0 cm³/mol. The highest BCUT2D eigenvalue weighted by Gasteiger charge is 2.19. The molecule has 2 heterocycles. The van der Waals surface area contributed by atoms with E-state index in [-0.39, 0.29) is 16.4 Å². The number of fused-ring (bicyclic) bond motifs is 1. The van der Waals surface area contributed by atoms with Gasteiger partial charge < -0.3 is 15.6 Å². The predicted octanol–water partition coefficient (Wildman–Crippen LogP) is 2.23. The van der Waals surface area contributed by atoms with Crippen LogP contribution in [0.15, 0.2) is 22.8 Å². The second-order valence-electron chi connectivity index (χ2n) is 4.37. The van der Waals surface area contributed by atoms with Gasteiger partial charge in [-0.2, -0.15) is 0 Å². The number of nitrogen functional groups attached to an aromatic ring is 1. The summed E-state index contributed by atoms with van der Waals surface area (Å²) >= 11 is 5.86. The first kappa shape index (κ1) is 14.1. The van der Waals surface area contributed by atoms with Crippen molar-refractivity contribution < 1.29 is 19.3 Å². The Balaban J connectivity index is 2.28. The van der Waals surface area contributed by atoms with Crippen molar-refractivity contribution in [3.05, 3.63) is 28.9 Å². The number of aromatic carboxylic acids is 1. The zero-order chi connectivity index (χ0) is 15.9. The maximum atomic E-state index is 11.2. The first-order valence-electron chi connectivity index (χ1n) is 6.01. The third-order valence-electron chi connectivity index (χ3n) is 3.04. The number of methoxy groups -OCH3 is 1. The number of aromatic nitrogens is 3. The van der Waals surface area contributed by atoms with Gasteiger partial charge in [0.15, 0.2) is 5.69 Å². The maximum absolute atomic E-state index is 11.2. The Kier molecular flexibility index (Phi) is 3.30. The minimum Gasteiger partial charge on any atom is -0.496 e. The second kappa shape index (κ2) is 5.15. The third kappa shape index (κ3) is 2.19. The number of carbonyl (C=O) groups is 1. The molecule has 0 fully saturated rings. The number of ether oxygens (including phenoxy) is 1. The lowest BCUT2D eigenvalue weighted by Gasteiger charge is -2.10. The number of rotatable bonds is 3. The lowest BCUT2D eigenvalue weighted by molar-refractivity contribution is 0.0691. The molecule has 3 rings (SSSR count). The van der Waals surface area contributed by atoms with E-state index in [1.165, 1.54) is 13.2 Å². The van der Waals surface area contributed by atoms with Gasteiger partial charge in [0.25, 0.3) is 0 Å². The topological polar surface area (TPSA) is 124 Å². The SMILES string of the molecule is COc1cc2nonc2cc1-c1cc(N)c(Cl)c(C(=O)O)n1. The van der Waals surface area contributed by atoms with Crippen LogP contribution >= 0.6 is 11.6 Å². The standard InChI is InChI=1S/C13H9ClN4O4/c1-21-10-4-9-8(17-22-18-9)2-5(10)7-3-6(15)11(14)12(16-7)13(19)20/h2-4H,1H3,(H2,15,16)(H,19,20). The van der Waals surface area contributed by atoms with Gasteiger partial charge >= 0.3 is 5.97 Å². The summed E-state index contributed by atoms with van der Waals surface area (Å²) in [4.78, 5) is 15.2. The molecule has 0 unspecified atom stereocenters. The van der Waals surface area contributed by atoms with Crippen molar-refractivity contribution in [1.82, 2.24) is 15.3 Å². The number of carboxylic acids is 1. The molecular weight excluding hydrogens is 312 g/mol. The monoisotopic (exact) mass is 320 g/mol. The number of hydrogen-bond acceptors (Lipinski definition) is 7. The number of nitrogens with two attached hydrogens (primary N) is 1. The quantitative estimate of drug-likeness (QED) is 0.752. The minimum atomic E-state index is -1.28. The van der Waals surface area contributed by atoms with E-state index in [2.05, 4.69) is 19.9 Å². The number of benzene rings is 1. The fraction of sp³-hybridized carbons (Fsp3) is 0.0769. The van der Waals surface area contributed by atoms with Crippen LogP contribution in [0.4, 0.5) is 5.69 Å². The molecule has 3 aromatic rings. The van der Waals surface area contributed by atoms with Gasteiger partial charge in [-0.25, -0.2) is 14.4 Å². The Bertz CT molecular complexity index is 893. The van der Waals surface area contributed by atoms with Crippen LogP contribution in [-0.2, 0) is 0 Å². The number of nitrogens with zero attached hydrogens (tertiary/aromatic N) is 3. The van der Waals surface area contributed by atoms with Crippen molar-refractivity contribution in [2.45, 2.75) is 0 Å². The Morgan fingerprint density at radius 3 is 2.64 bits per heavy atom. The number of carboxylic acid groups (broad SMARTS) is 1. The van der Waals surface area contributed by atoms with E-state index in [9.17, 15) is 4.79 Å². The lowest BCUT2D eigenvalue weighted by Crippen LogP contribution is -2.05. The first-order valence-corrected chi connectivity index (χ1v) is 6.39. The molecule has 0 amide bonds. The molecule has 0 radical (unpaired) electrons. The summed E-state index contributed by atoms with van der Waals surface area (Å²) in [5, 5.41) is 16.5. The summed E-state index contributed by atoms with van der Waals surface area (Å²) in [6.07, 6.45) is 0. The Morgan fingerprint density at radius 1 is 1.32 bits per heavy atom. The molecule has 0 bridgehead atoms. The van der Waals surface area contributed by atoms with E-state index in [1.807, 2.05) is 0 Å². The summed E-state index contributed by atoms with van der Waals surface area (Å²) in [5.74, 6) is -0.851. The van der Waals surface area contributed by atoms with Crippen LogP contribution in [0.3, 0.4) is 0 Å². The minimum absolute atomic E-state index is 0.101. The molecule has 1 aromatic carbocycles. The van der Waals surface area contributed by atoms with E-state index >= 15 is 0 Å². The number of pyridine rings is 1. The van der Waals surface area contributed by atoms with E-state index in [4.69, 9.17) is 27.2 Å². The molecule has 0 atom stereocenters. The van der Waals surface area contributed by atoms with Crippen molar-refractivity contribution in [3.63, 3.8) is 0 Å². The molecule has 0 saturated heterocycles. The van der Waals surface area contributed by atoms with E-state index in [1.54, 1.807) is 12.1 Å². The highest BCUT2D eigenvalue weighted by molar-refractivity contribution is 6.35. The molecule has 0 saturated carbocycles. The highest BCUT2D eigenvalue weighted by atomic mass is 35.5. The third-order valence-corrected chi connectivity index (χ3v) is 3.44. The molecule has 8 nitrogen and oxygen atoms in total. The van der Waals surface area contributed by atoms with Crippen LogP contribution in [0.25, 0.3) is 22.3 Å². The van der Waals surface area contributed by atoms with Gasteiger partial charge in [0, 0.05) is 11.6 Å². The Morgan fingerprint density at radius 2 is 2.00 bits per heavy atom. The van der Waals surface area contributed by atoms with Crippen molar-refractivity contribution in [2.75, 3.05) is 12.8 Å². The molecule has 22 heavy (non-hydrogen) atoms. The van der Waals surface area contributed by atoms with Crippen LogP contribution in [0.2, 0.25) is 5.02 Å². The van der Waals surface area contributed by atoms with Crippen molar-refractivity contribution >= 4 is 34.3 Å². The van der Waals surface area contributed by atoms with Gasteiger partial charge in [0.2, 0.25) is 0 Å². The average molecular weight is 321 g/mol. The summed E-state index contributed by atoms with van der Waals surface area (Å²) in [5.41, 5.74) is 7.29. The van der Waals surface area contributed by atoms with Crippen molar-refractivity contribution in [3.8, 4) is 17.0 Å². The maximum Gasteiger partial charge on any atom is 0.356 e. The molecular formula is C13H9ClN4O4. The van der Waals surface area contributed by atoms with Gasteiger partial charge in [0.05, 0.1) is 23.5 Å². The van der Waals surface area contributed by atoms with Crippen LogP contribution < -0.4 is 10.5 Å². The zero-order valence-electron chi connectivity index (χ0n) is 11.2. The van der Waals surface area contributed by atoms with Gasteiger partial charge in [0.1, 0.15) is 16.8 Å². The van der Waals surface area contributed by atoms with Gasteiger partial charge in [-0.15, -0.1) is 0 Å². The Labute approximate surface area is 128 Å². The van der Waals surface area contributed by atoms with Crippen molar-refractivity contribution in [2.24, 2.45) is 0 Å². The summed E-state index contributed by atoms with van der Waals surface area (Å²) < 4.78 is 9.92. The summed E-state index contributed by atoms with van der Waals surface area (Å²) in [6, 6.07) is 4.69. The van der Waals surface area contributed by atoms with Crippen LogP contribution in [0, 0.1) is 0 Å². The molecule has 2 aromatic heterocycles. The molecule has 112 valence electrons. The fourth-order valence-corrected chi connectivity index (χ4v) is 2.19. The molecule has 0 spiro atoms. The first-order chi connectivity index (χ1) is 10.5. The van der Waals surface area contributed by atoms with Gasteiger partial charge in [-0.3, -0.25) is 0 Å².